The van der Waals surface area contributed by atoms with Gasteiger partial charge >= 0.3 is 0 Å². The van der Waals surface area contributed by atoms with Crippen molar-refractivity contribution in [1.29, 1.82) is 0 Å². The molecule has 3 nitrogen and oxygen atoms in total. The Balaban J connectivity index is 1.83. The zero-order valence-corrected chi connectivity index (χ0v) is 10.6. The summed E-state index contributed by atoms with van der Waals surface area (Å²) in [6.07, 6.45) is 2.43. The molecule has 2 heterocycles. The van der Waals surface area contributed by atoms with Crippen molar-refractivity contribution >= 4 is 23.2 Å². The van der Waals surface area contributed by atoms with E-state index < -0.39 is 0 Å². The van der Waals surface area contributed by atoms with Crippen LogP contribution in [-0.2, 0) is 4.79 Å². The molecular formula is C13H14ClFN2O. The fourth-order valence-electron chi connectivity index (χ4n) is 2.93. The molecule has 0 aromatic heterocycles. The van der Waals surface area contributed by atoms with Crippen molar-refractivity contribution in [3.63, 3.8) is 0 Å². The van der Waals surface area contributed by atoms with E-state index in [4.69, 9.17) is 11.6 Å². The molecule has 0 saturated carbocycles. The minimum Gasteiger partial charge on any atom is -0.376 e. The number of fused-ring (bicyclic) bond motifs is 1. The summed E-state index contributed by atoms with van der Waals surface area (Å²) in [5.41, 5.74) is 0.311. The van der Waals surface area contributed by atoms with Gasteiger partial charge in [-0.15, -0.1) is 0 Å². The summed E-state index contributed by atoms with van der Waals surface area (Å²) < 4.78 is 13.7. The van der Waals surface area contributed by atoms with Crippen LogP contribution in [0.5, 0.6) is 0 Å². The van der Waals surface area contributed by atoms with E-state index in [-0.39, 0.29) is 23.8 Å². The Morgan fingerprint density at radius 2 is 2.28 bits per heavy atom. The third-order valence-electron chi connectivity index (χ3n) is 3.77. The van der Waals surface area contributed by atoms with E-state index in [1.165, 1.54) is 6.07 Å². The molecule has 1 aromatic carbocycles. The second kappa shape index (κ2) is 4.43. The van der Waals surface area contributed by atoms with Crippen LogP contribution in [0.2, 0.25) is 5.02 Å². The van der Waals surface area contributed by atoms with E-state index in [9.17, 15) is 9.18 Å². The van der Waals surface area contributed by atoms with Crippen LogP contribution in [-0.4, -0.2) is 29.4 Å². The second-order valence-electron chi connectivity index (χ2n) is 4.85. The van der Waals surface area contributed by atoms with E-state index in [2.05, 4.69) is 5.32 Å². The van der Waals surface area contributed by atoms with Gasteiger partial charge in [0.2, 0.25) is 5.91 Å². The van der Waals surface area contributed by atoms with Gasteiger partial charge in [0.15, 0.2) is 0 Å². The molecule has 0 aliphatic carbocycles. The fraction of sp³-hybridized carbons (Fsp3) is 0.462. The highest BCUT2D eigenvalue weighted by Crippen LogP contribution is 2.33. The summed E-state index contributed by atoms with van der Waals surface area (Å²) >= 11 is 5.99. The van der Waals surface area contributed by atoms with Gasteiger partial charge in [-0.1, -0.05) is 17.7 Å². The van der Waals surface area contributed by atoms with Crippen molar-refractivity contribution in [1.82, 2.24) is 4.90 Å². The van der Waals surface area contributed by atoms with Crippen molar-refractivity contribution in [2.24, 2.45) is 0 Å². The maximum Gasteiger partial charge on any atom is 0.225 e. The van der Waals surface area contributed by atoms with Crippen LogP contribution < -0.4 is 5.32 Å². The fourth-order valence-corrected chi connectivity index (χ4v) is 3.15. The molecular weight excluding hydrogens is 255 g/mol. The topological polar surface area (TPSA) is 32.3 Å². The van der Waals surface area contributed by atoms with Gasteiger partial charge in [0, 0.05) is 13.0 Å². The van der Waals surface area contributed by atoms with Crippen molar-refractivity contribution < 1.29 is 9.18 Å². The van der Waals surface area contributed by atoms with Gasteiger partial charge in [0.1, 0.15) is 5.82 Å². The zero-order valence-electron chi connectivity index (χ0n) is 9.83. The number of para-hydroxylation sites is 1. The molecule has 3 rings (SSSR count). The molecule has 0 radical (unpaired) electrons. The van der Waals surface area contributed by atoms with E-state index >= 15 is 0 Å². The number of halogens is 2. The molecule has 1 aromatic rings. The molecule has 18 heavy (non-hydrogen) atoms. The minimum atomic E-state index is -0.369. The van der Waals surface area contributed by atoms with Crippen LogP contribution >= 0.6 is 11.6 Å². The van der Waals surface area contributed by atoms with Crippen molar-refractivity contribution in [3.8, 4) is 0 Å². The first-order chi connectivity index (χ1) is 8.66. The lowest BCUT2D eigenvalue weighted by molar-refractivity contribution is -0.127. The molecule has 2 unspecified atom stereocenters. The lowest BCUT2D eigenvalue weighted by Gasteiger charge is -2.22. The molecule has 1 amide bonds. The highest BCUT2D eigenvalue weighted by atomic mass is 35.5. The lowest BCUT2D eigenvalue weighted by atomic mass is 10.1. The number of hydrogen-bond donors (Lipinski definition) is 1. The third kappa shape index (κ3) is 1.85. The largest absolute Gasteiger partial charge is 0.376 e. The number of amides is 1. The van der Waals surface area contributed by atoms with E-state index in [1.54, 1.807) is 12.1 Å². The Bertz CT molecular complexity index is 474. The summed E-state index contributed by atoms with van der Waals surface area (Å²) in [6.45, 7) is 0.826. The molecule has 2 aliphatic heterocycles. The predicted octanol–water partition coefficient (Wildman–Crippen LogP) is 2.65. The highest BCUT2D eigenvalue weighted by Gasteiger charge is 2.42. The Labute approximate surface area is 110 Å². The molecule has 2 saturated heterocycles. The first kappa shape index (κ1) is 11.8. The maximum absolute atomic E-state index is 13.7. The molecule has 2 atom stereocenters. The maximum atomic E-state index is 13.7. The van der Waals surface area contributed by atoms with Gasteiger partial charge < -0.3 is 10.2 Å². The quantitative estimate of drug-likeness (QED) is 0.894. The molecule has 2 fully saturated rings. The van der Waals surface area contributed by atoms with Crippen LogP contribution in [0, 0.1) is 5.82 Å². The Morgan fingerprint density at radius 3 is 3.06 bits per heavy atom. The molecule has 96 valence electrons. The number of carbonyl (C=O) groups is 1. The molecule has 5 heteroatoms. The van der Waals surface area contributed by atoms with Gasteiger partial charge in [0.25, 0.3) is 0 Å². The summed E-state index contributed by atoms with van der Waals surface area (Å²) in [6, 6.07) is 4.75. The number of rotatable bonds is 2. The normalized spacial score (nSPS) is 26.6. The summed E-state index contributed by atoms with van der Waals surface area (Å²) in [4.78, 5) is 13.7. The smallest absolute Gasteiger partial charge is 0.225 e. The Hall–Kier alpha value is -1.29. The number of nitrogens with zero attached hydrogens (tertiary/aromatic N) is 1. The highest BCUT2D eigenvalue weighted by molar-refractivity contribution is 6.33. The SMILES string of the molecule is O=C1CC(Nc2c(F)cccc2Cl)C2CCCN12. The number of hydrogen-bond acceptors (Lipinski definition) is 2. The zero-order chi connectivity index (χ0) is 12.7. The van der Waals surface area contributed by atoms with Gasteiger partial charge in [-0.05, 0) is 25.0 Å². The van der Waals surface area contributed by atoms with Crippen LogP contribution in [0.1, 0.15) is 19.3 Å². The van der Waals surface area contributed by atoms with Crippen molar-refractivity contribution in [2.45, 2.75) is 31.3 Å². The monoisotopic (exact) mass is 268 g/mol. The van der Waals surface area contributed by atoms with Crippen LogP contribution in [0.25, 0.3) is 0 Å². The van der Waals surface area contributed by atoms with Crippen LogP contribution in [0.3, 0.4) is 0 Å². The molecule has 0 spiro atoms. The first-order valence-electron chi connectivity index (χ1n) is 6.17. The van der Waals surface area contributed by atoms with Crippen LogP contribution in [0.4, 0.5) is 10.1 Å². The average molecular weight is 269 g/mol. The second-order valence-corrected chi connectivity index (χ2v) is 5.26. The van der Waals surface area contributed by atoms with Gasteiger partial charge in [-0.3, -0.25) is 4.79 Å². The Kier molecular flexibility index (Phi) is 2.90. The predicted molar refractivity (Wildman–Crippen MR) is 68.2 cm³/mol. The van der Waals surface area contributed by atoms with Crippen LogP contribution in [0.15, 0.2) is 18.2 Å². The summed E-state index contributed by atoms with van der Waals surface area (Å²) in [7, 11) is 0. The third-order valence-corrected chi connectivity index (χ3v) is 4.09. The number of carbonyl (C=O) groups excluding carboxylic acids is 1. The van der Waals surface area contributed by atoms with E-state index in [0.29, 0.717) is 17.1 Å². The van der Waals surface area contributed by atoms with Gasteiger partial charge in [-0.25, -0.2) is 4.39 Å². The van der Waals surface area contributed by atoms with Crippen molar-refractivity contribution in [2.75, 3.05) is 11.9 Å². The number of nitrogens with one attached hydrogen (secondary N) is 1. The minimum absolute atomic E-state index is 0.0330. The molecule has 2 aliphatic rings. The standard InChI is InChI=1S/C13H14ClFN2O/c14-8-3-1-4-9(15)13(8)16-10-7-12(18)17-6-2-5-11(10)17/h1,3-4,10-11,16H,2,5-7H2. The van der Waals surface area contributed by atoms with E-state index in [1.807, 2.05) is 4.90 Å². The number of anilines is 1. The lowest BCUT2D eigenvalue weighted by Crippen LogP contribution is -2.34. The number of benzene rings is 1. The van der Waals surface area contributed by atoms with Gasteiger partial charge in [0.05, 0.1) is 22.8 Å². The average Bonchev–Trinajstić information content (AvgIpc) is 2.90. The summed E-state index contributed by atoms with van der Waals surface area (Å²) in [5, 5.41) is 3.47. The van der Waals surface area contributed by atoms with E-state index in [0.717, 1.165) is 19.4 Å². The summed E-state index contributed by atoms with van der Waals surface area (Å²) in [5.74, 6) is -0.214. The Morgan fingerprint density at radius 1 is 1.44 bits per heavy atom. The molecule has 0 bridgehead atoms. The van der Waals surface area contributed by atoms with Gasteiger partial charge in [-0.2, -0.15) is 0 Å². The molecule has 1 N–H and O–H groups in total. The first-order valence-corrected chi connectivity index (χ1v) is 6.54. The van der Waals surface area contributed by atoms with Crippen molar-refractivity contribution in [3.05, 3.63) is 29.0 Å².